The molecule has 0 aliphatic rings. The van der Waals surface area contributed by atoms with Crippen molar-refractivity contribution in [3.8, 4) is 11.4 Å². The van der Waals surface area contributed by atoms with Crippen LogP contribution in [0.15, 0.2) is 76.3 Å². The van der Waals surface area contributed by atoms with E-state index in [1.807, 2.05) is 37.3 Å². The molecule has 0 bridgehead atoms. The van der Waals surface area contributed by atoms with Gasteiger partial charge < -0.3 is 10.1 Å². The molecule has 0 fully saturated rings. The summed E-state index contributed by atoms with van der Waals surface area (Å²) in [6.45, 7) is 3.21. The van der Waals surface area contributed by atoms with E-state index in [1.165, 1.54) is 13.2 Å². The normalized spacial score (nSPS) is 11.3. The first kappa shape index (κ1) is 23.5. The first-order valence-electron chi connectivity index (χ1n) is 10.4. The van der Waals surface area contributed by atoms with Crippen LogP contribution < -0.4 is 14.4 Å². The Kier molecular flexibility index (Phi) is 6.71. The monoisotopic (exact) mass is 496 g/mol. The lowest BCUT2D eigenvalue weighted by Gasteiger charge is -2.25. The van der Waals surface area contributed by atoms with Crippen molar-refractivity contribution < 1.29 is 17.9 Å². The van der Waals surface area contributed by atoms with E-state index in [-0.39, 0.29) is 9.90 Å². The minimum Gasteiger partial charge on any atom is -0.495 e. The average molecular weight is 497 g/mol. The van der Waals surface area contributed by atoms with Crippen molar-refractivity contribution in [2.24, 2.45) is 0 Å². The van der Waals surface area contributed by atoms with Crippen LogP contribution in [0.2, 0.25) is 0 Å². The van der Waals surface area contributed by atoms with Crippen LogP contribution in [0, 0.1) is 13.8 Å². The third kappa shape index (κ3) is 4.55. The van der Waals surface area contributed by atoms with Crippen LogP contribution in [0.1, 0.15) is 11.4 Å². The molecule has 2 aromatic heterocycles. The zero-order chi connectivity index (χ0) is 24.3. The van der Waals surface area contributed by atoms with Crippen molar-refractivity contribution >= 4 is 38.6 Å². The number of aryl methyl sites for hydroxylation is 1. The number of anilines is 2. The second-order valence-corrected chi connectivity index (χ2v) is 10.5. The third-order valence-electron chi connectivity index (χ3n) is 5.24. The number of nitrogens with one attached hydrogen (secondary N) is 1. The first-order chi connectivity index (χ1) is 16.3. The molecule has 0 spiro atoms. The number of aromatic nitrogens is 2. The highest BCUT2D eigenvalue weighted by Gasteiger charge is 2.30. The van der Waals surface area contributed by atoms with Gasteiger partial charge in [-0.3, -0.25) is 9.10 Å². The van der Waals surface area contributed by atoms with Crippen LogP contribution in [0.4, 0.5) is 11.4 Å². The van der Waals surface area contributed by atoms with Crippen molar-refractivity contribution in [2.45, 2.75) is 18.1 Å². The molecule has 0 saturated heterocycles. The lowest BCUT2D eigenvalue weighted by Crippen LogP contribution is -2.38. The predicted octanol–water partition coefficient (Wildman–Crippen LogP) is 4.39. The zero-order valence-corrected chi connectivity index (χ0v) is 20.6. The highest BCUT2D eigenvalue weighted by molar-refractivity contribution is 7.94. The Labute approximate surface area is 202 Å². The van der Waals surface area contributed by atoms with E-state index in [1.54, 1.807) is 47.3 Å². The number of methoxy groups -OCH3 is 1. The number of carbonyl (C=O) groups excluding carboxylic acids is 1. The number of benzene rings is 2. The Hall–Kier alpha value is -3.63. The van der Waals surface area contributed by atoms with Gasteiger partial charge in [-0.05, 0) is 49.6 Å². The standard InChI is InChI=1S/C24H24N4O4S2/c1-17-24(18(2)28(26-17)19-10-5-4-6-11-19)25-22(29)16-27(20-12-7-8-13-21(20)32-3)34(30,31)23-14-9-15-33-23/h4-15H,16H2,1-3H3,(H,25,29). The zero-order valence-electron chi connectivity index (χ0n) is 18.9. The van der Waals surface area contributed by atoms with E-state index >= 15 is 0 Å². The molecule has 2 heterocycles. The van der Waals surface area contributed by atoms with Gasteiger partial charge in [0.2, 0.25) is 5.91 Å². The second-order valence-electron chi connectivity index (χ2n) is 7.46. The molecule has 0 aliphatic carbocycles. The smallest absolute Gasteiger partial charge is 0.274 e. The molecule has 10 heteroatoms. The number of thiophene rings is 1. The molecule has 4 rings (SSSR count). The van der Waals surface area contributed by atoms with Gasteiger partial charge in [0.15, 0.2) is 0 Å². The minimum atomic E-state index is -4.00. The van der Waals surface area contributed by atoms with Gasteiger partial charge in [-0.25, -0.2) is 13.1 Å². The van der Waals surface area contributed by atoms with Gasteiger partial charge in [-0.2, -0.15) is 5.10 Å². The summed E-state index contributed by atoms with van der Waals surface area (Å²) in [7, 11) is -2.54. The SMILES string of the molecule is COc1ccccc1N(CC(=O)Nc1c(C)nn(-c2ccccc2)c1C)S(=O)(=O)c1cccs1. The van der Waals surface area contributed by atoms with E-state index in [4.69, 9.17) is 4.74 Å². The maximum absolute atomic E-state index is 13.5. The fraction of sp³-hybridized carbons (Fsp3) is 0.167. The molecule has 176 valence electrons. The van der Waals surface area contributed by atoms with E-state index in [0.29, 0.717) is 17.1 Å². The Morgan fingerprint density at radius 3 is 2.44 bits per heavy atom. The molecule has 0 aliphatic heterocycles. The molecule has 0 unspecified atom stereocenters. The van der Waals surface area contributed by atoms with Crippen LogP contribution >= 0.6 is 11.3 Å². The summed E-state index contributed by atoms with van der Waals surface area (Å²) < 4.78 is 35.2. The topological polar surface area (TPSA) is 93.5 Å². The molecule has 8 nitrogen and oxygen atoms in total. The van der Waals surface area contributed by atoms with Crippen LogP contribution in [0.3, 0.4) is 0 Å². The highest BCUT2D eigenvalue weighted by atomic mass is 32.2. The fourth-order valence-electron chi connectivity index (χ4n) is 3.61. The molecule has 0 radical (unpaired) electrons. The van der Waals surface area contributed by atoms with Gasteiger partial charge >= 0.3 is 0 Å². The number of ether oxygens (including phenoxy) is 1. The van der Waals surface area contributed by atoms with Crippen molar-refractivity contribution in [2.75, 3.05) is 23.3 Å². The number of hydrogen-bond donors (Lipinski definition) is 1. The second kappa shape index (κ2) is 9.70. The lowest BCUT2D eigenvalue weighted by molar-refractivity contribution is -0.114. The van der Waals surface area contributed by atoms with Gasteiger partial charge in [0, 0.05) is 0 Å². The molecule has 34 heavy (non-hydrogen) atoms. The molecule has 1 amide bonds. The number of sulfonamides is 1. The van der Waals surface area contributed by atoms with Crippen molar-refractivity contribution in [3.05, 3.63) is 83.5 Å². The fourth-order valence-corrected chi connectivity index (χ4v) is 6.14. The number of para-hydroxylation sites is 3. The van der Waals surface area contributed by atoms with Gasteiger partial charge in [-0.1, -0.05) is 36.4 Å². The Morgan fingerprint density at radius 1 is 1.06 bits per heavy atom. The summed E-state index contributed by atoms with van der Waals surface area (Å²) >= 11 is 1.09. The highest BCUT2D eigenvalue weighted by Crippen LogP contribution is 2.33. The molecule has 4 aromatic rings. The summed E-state index contributed by atoms with van der Waals surface area (Å²) in [6.07, 6.45) is 0. The Bertz CT molecular complexity index is 1400. The van der Waals surface area contributed by atoms with Gasteiger partial charge in [0.1, 0.15) is 16.5 Å². The molecule has 0 atom stereocenters. The first-order valence-corrected chi connectivity index (χ1v) is 12.8. The van der Waals surface area contributed by atoms with E-state index < -0.39 is 22.5 Å². The molecular weight excluding hydrogens is 472 g/mol. The summed E-state index contributed by atoms with van der Waals surface area (Å²) in [4.78, 5) is 13.2. The van der Waals surface area contributed by atoms with Crippen molar-refractivity contribution in [1.82, 2.24) is 9.78 Å². The van der Waals surface area contributed by atoms with Crippen molar-refractivity contribution in [3.63, 3.8) is 0 Å². The van der Waals surface area contributed by atoms with Crippen LogP contribution in [0.5, 0.6) is 5.75 Å². The summed E-state index contributed by atoms with van der Waals surface area (Å²) in [5.41, 5.74) is 3.05. The Balaban J connectivity index is 1.67. The molecule has 0 saturated carbocycles. The van der Waals surface area contributed by atoms with E-state index in [2.05, 4.69) is 10.4 Å². The molecule has 2 aromatic carbocycles. The number of nitrogens with zero attached hydrogens (tertiary/aromatic N) is 3. The average Bonchev–Trinajstić information content (AvgIpc) is 3.48. The third-order valence-corrected chi connectivity index (χ3v) is 8.37. The maximum atomic E-state index is 13.5. The van der Waals surface area contributed by atoms with Gasteiger partial charge in [-0.15, -0.1) is 11.3 Å². The quantitative estimate of drug-likeness (QED) is 0.390. The van der Waals surface area contributed by atoms with Crippen molar-refractivity contribution in [1.29, 1.82) is 0 Å². The minimum absolute atomic E-state index is 0.135. The molecule has 1 N–H and O–H groups in total. The van der Waals surface area contributed by atoms with E-state index in [9.17, 15) is 13.2 Å². The lowest BCUT2D eigenvalue weighted by atomic mass is 10.2. The van der Waals surface area contributed by atoms with E-state index in [0.717, 1.165) is 27.0 Å². The summed E-state index contributed by atoms with van der Waals surface area (Å²) in [5.74, 6) is -0.149. The number of rotatable bonds is 8. The largest absolute Gasteiger partial charge is 0.495 e. The van der Waals surface area contributed by atoms with Crippen LogP contribution in [-0.4, -0.2) is 37.8 Å². The predicted molar refractivity (Wildman–Crippen MR) is 134 cm³/mol. The summed E-state index contributed by atoms with van der Waals surface area (Å²) in [5, 5.41) is 9.08. The number of carbonyl (C=O) groups is 1. The maximum Gasteiger partial charge on any atom is 0.274 e. The van der Waals surface area contributed by atoms with Crippen LogP contribution in [-0.2, 0) is 14.8 Å². The Morgan fingerprint density at radius 2 is 1.76 bits per heavy atom. The summed E-state index contributed by atoms with van der Waals surface area (Å²) in [6, 6.07) is 19.4. The van der Waals surface area contributed by atoms with Gasteiger partial charge in [0.25, 0.3) is 10.0 Å². The van der Waals surface area contributed by atoms with Gasteiger partial charge in [0.05, 0.1) is 35.6 Å². The number of amides is 1. The van der Waals surface area contributed by atoms with Crippen LogP contribution in [0.25, 0.3) is 5.69 Å². The molecular formula is C24H24N4O4S2. The number of hydrogen-bond acceptors (Lipinski definition) is 6.